The van der Waals surface area contributed by atoms with E-state index in [4.69, 9.17) is 11.6 Å². The first-order valence-corrected chi connectivity index (χ1v) is 8.04. The van der Waals surface area contributed by atoms with Crippen LogP contribution in [0.4, 0.5) is 5.69 Å². The molecule has 0 saturated carbocycles. The van der Waals surface area contributed by atoms with Crippen LogP contribution in [0.1, 0.15) is 0 Å². The summed E-state index contributed by atoms with van der Waals surface area (Å²) in [4.78, 5) is 24.1. The standard InChI is InChI=1S/C17H12BrClN2O2/c18-11-1-4-13(5-2-11)20-17(23)10-21-8-7-16(22)14-6-3-12(19)9-15(14)21/h1-9H,10H2,(H,20,23). The molecule has 0 aliphatic rings. The van der Waals surface area contributed by atoms with Gasteiger partial charge in [0.05, 0.1) is 5.52 Å². The Hall–Kier alpha value is -2.11. The Bertz CT molecular complexity index is 935. The molecule has 1 N–H and O–H groups in total. The SMILES string of the molecule is O=C(Cn1ccc(=O)c2ccc(Cl)cc21)Nc1ccc(Br)cc1. The molecule has 6 heteroatoms. The quantitative estimate of drug-likeness (QED) is 0.732. The van der Waals surface area contributed by atoms with Gasteiger partial charge in [-0.3, -0.25) is 9.59 Å². The zero-order valence-corrected chi connectivity index (χ0v) is 14.3. The summed E-state index contributed by atoms with van der Waals surface area (Å²) in [6.45, 7) is 0.0905. The van der Waals surface area contributed by atoms with Crippen LogP contribution in [0.5, 0.6) is 0 Å². The van der Waals surface area contributed by atoms with Crippen LogP contribution in [0.2, 0.25) is 5.02 Å². The molecule has 3 aromatic rings. The number of amides is 1. The van der Waals surface area contributed by atoms with E-state index in [1.165, 1.54) is 6.07 Å². The third-order valence-electron chi connectivity index (χ3n) is 3.38. The smallest absolute Gasteiger partial charge is 0.244 e. The minimum atomic E-state index is -0.183. The second-order valence-corrected chi connectivity index (χ2v) is 6.38. The van der Waals surface area contributed by atoms with E-state index in [1.807, 2.05) is 24.3 Å². The van der Waals surface area contributed by atoms with Crippen molar-refractivity contribution in [3.63, 3.8) is 0 Å². The number of halogens is 2. The number of rotatable bonds is 3. The van der Waals surface area contributed by atoms with Crippen LogP contribution < -0.4 is 10.7 Å². The predicted molar refractivity (Wildman–Crippen MR) is 96.0 cm³/mol. The third kappa shape index (κ3) is 3.63. The van der Waals surface area contributed by atoms with Gasteiger partial charge in [-0.1, -0.05) is 27.5 Å². The lowest BCUT2D eigenvalue weighted by atomic mass is 10.2. The van der Waals surface area contributed by atoms with Crippen molar-refractivity contribution < 1.29 is 4.79 Å². The first-order valence-electron chi connectivity index (χ1n) is 6.87. The topological polar surface area (TPSA) is 51.1 Å². The van der Waals surface area contributed by atoms with E-state index >= 15 is 0 Å². The summed E-state index contributed by atoms with van der Waals surface area (Å²) in [5.41, 5.74) is 1.25. The Kier molecular flexibility index (Phi) is 4.50. The average molecular weight is 392 g/mol. The molecule has 0 spiro atoms. The molecular weight excluding hydrogens is 380 g/mol. The molecule has 0 unspecified atom stereocenters. The number of nitrogens with zero attached hydrogens (tertiary/aromatic N) is 1. The van der Waals surface area contributed by atoms with Crippen molar-refractivity contribution in [2.75, 3.05) is 5.32 Å². The molecule has 1 aromatic heterocycles. The monoisotopic (exact) mass is 390 g/mol. The molecule has 0 aliphatic carbocycles. The van der Waals surface area contributed by atoms with Crippen molar-refractivity contribution in [1.82, 2.24) is 4.57 Å². The van der Waals surface area contributed by atoms with Crippen LogP contribution in [-0.4, -0.2) is 10.5 Å². The molecule has 1 heterocycles. The normalized spacial score (nSPS) is 10.7. The number of hydrogen-bond acceptors (Lipinski definition) is 2. The van der Waals surface area contributed by atoms with Crippen LogP contribution >= 0.6 is 27.5 Å². The molecule has 0 aliphatic heterocycles. The van der Waals surface area contributed by atoms with Crippen LogP contribution in [0.25, 0.3) is 10.9 Å². The minimum Gasteiger partial charge on any atom is -0.338 e. The fourth-order valence-electron chi connectivity index (χ4n) is 2.30. The molecule has 0 atom stereocenters. The molecule has 1 amide bonds. The van der Waals surface area contributed by atoms with Crippen LogP contribution in [0, 0.1) is 0 Å². The van der Waals surface area contributed by atoms with E-state index in [-0.39, 0.29) is 17.9 Å². The molecule has 2 aromatic carbocycles. The number of hydrogen-bond donors (Lipinski definition) is 1. The first kappa shape index (κ1) is 15.8. The van der Waals surface area contributed by atoms with Gasteiger partial charge in [-0.25, -0.2) is 0 Å². The maximum Gasteiger partial charge on any atom is 0.244 e. The summed E-state index contributed by atoms with van der Waals surface area (Å²) in [6, 6.07) is 13.8. The molecule has 3 rings (SSSR count). The Labute approximate surface area is 145 Å². The molecule has 0 radical (unpaired) electrons. The summed E-state index contributed by atoms with van der Waals surface area (Å²) < 4.78 is 2.65. The van der Waals surface area contributed by atoms with Gasteiger partial charge in [-0.15, -0.1) is 0 Å². The lowest BCUT2D eigenvalue weighted by Gasteiger charge is -2.11. The van der Waals surface area contributed by atoms with Gasteiger partial charge in [0.25, 0.3) is 0 Å². The van der Waals surface area contributed by atoms with E-state index in [0.717, 1.165) is 4.47 Å². The largest absolute Gasteiger partial charge is 0.338 e. The van der Waals surface area contributed by atoms with Gasteiger partial charge in [0.15, 0.2) is 5.43 Å². The highest BCUT2D eigenvalue weighted by atomic mass is 79.9. The number of aromatic nitrogens is 1. The Balaban J connectivity index is 1.87. The minimum absolute atomic E-state index is 0.0905. The zero-order chi connectivity index (χ0) is 16.4. The molecular formula is C17H12BrClN2O2. The van der Waals surface area contributed by atoms with Crippen molar-refractivity contribution in [2.24, 2.45) is 0 Å². The molecule has 23 heavy (non-hydrogen) atoms. The summed E-state index contributed by atoms with van der Waals surface area (Å²) in [6.07, 6.45) is 1.60. The highest BCUT2D eigenvalue weighted by Gasteiger charge is 2.08. The van der Waals surface area contributed by atoms with Gasteiger partial charge in [0.2, 0.25) is 5.91 Å². The Morgan fingerprint density at radius 3 is 2.61 bits per heavy atom. The van der Waals surface area contributed by atoms with Crippen molar-refractivity contribution >= 4 is 50.0 Å². The maximum absolute atomic E-state index is 12.2. The average Bonchev–Trinajstić information content (AvgIpc) is 2.52. The highest BCUT2D eigenvalue weighted by Crippen LogP contribution is 2.17. The number of fused-ring (bicyclic) bond motifs is 1. The summed E-state index contributed by atoms with van der Waals surface area (Å²) in [5, 5.41) is 3.87. The first-order chi connectivity index (χ1) is 11.0. The molecule has 0 saturated heterocycles. The maximum atomic E-state index is 12.2. The summed E-state index contributed by atoms with van der Waals surface area (Å²) in [7, 11) is 0. The molecule has 0 fully saturated rings. The van der Waals surface area contributed by atoms with E-state index in [0.29, 0.717) is 21.6 Å². The number of carbonyl (C=O) groups excluding carboxylic acids is 1. The Morgan fingerprint density at radius 2 is 1.87 bits per heavy atom. The second kappa shape index (κ2) is 6.56. The van der Waals surface area contributed by atoms with E-state index in [2.05, 4.69) is 21.2 Å². The molecule has 0 bridgehead atoms. The van der Waals surface area contributed by atoms with Gasteiger partial charge in [-0.2, -0.15) is 0 Å². The fraction of sp³-hybridized carbons (Fsp3) is 0.0588. The molecule has 4 nitrogen and oxygen atoms in total. The number of benzene rings is 2. The number of anilines is 1. The lowest BCUT2D eigenvalue weighted by Crippen LogP contribution is -2.20. The van der Waals surface area contributed by atoms with Crippen LogP contribution in [-0.2, 0) is 11.3 Å². The van der Waals surface area contributed by atoms with Crippen molar-refractivity contribution in [1.29, 1.82) is 0 Å². The van der Waals surface area contributed by atoms with E-state index in [9.17, 15) is 9.59 Å². The van der Waals surface area contributed by atoms with Gasteiger partial charge >= 0.3 is 0 Å². The zero-order valence-electron chi connectivity index (χ0n) is 11.9. The highest BCUT2D eigenvalue weighted by molar-refractivity contribution is 9.10. The Morgan fingerprint density at radius 1 is 1.13 bits per heavy atom. The van der Waals surface area contributed by atoms with Gasteiger partial charge in [-0.05, 0) is 42.5 Å². The van der Waals surface area contributed by atoms with Crippen molar-refractivity contribution in [3.05, 3.63) is 74.4 Å². The number of nitrogens with one attached hydrogen (secondary N) is 1. The lowest BCUT2D eigenvalue weighted by molar-refractivity contribution is -0.116. The molecule has 116 valence electrons. The summed E-state index contributed by atoms with van der Waals surface area (Å²) >= 11 is 9.35. The second-order valence-electron chi connectivity index (χ2n) is 5.02. The van der Waals surface area contributed by atoms with Crippen LogP contribution in [0.3, 0.4) is 0 Å². The third-order valence-corrected chi connectivity index (χ3v) is 4.15. The fourth-order valence-corrected chi connectivity index (χ4v) is 2.74. The number of carbonyl (C=O) groups is 1. The summed E-state index contributed by atoms with van der Waals surface area (Å²) in [5.74, 6) is -0.183. The van der Waals surface area contributed by atoms with E-state index < -0.39 is 0 Å². The number of pyridine rings is 1. The van der Waals surface area contributed by atoms with Gasteiger partial charge in [0, 0.05) is 32.8 Å². The van der Waals surface area contributed by atoms with Gasteiger partial charge < -0.3 is 9.88 Å². The van der Waals surface area contributed by atoms with E-state index in [1.54, 1.807) is 29.0 Å². The predicted octanol–water partition coefficient (Wildman–Crippen LogP) is 4.06. The van der Waals surface area contributed by atoms with Crippen molar-refractivity contribution in [3.8, 4) is 0 Å². The van der Waals surface area contributed by atoms with Gasteiger partial charge in [0.1, 0.15) is 6.54 Å². The van der Waals surface area contributed by atoms with Crippen LogP contribution in [0.15, 0.2) is 64.0 Å². The van der Waals surface area contributed by atoms with Crippen molar-refractivity contribution in [2.45, 2.75) is 6.54 Å².